The molecule has 1 saturated carbocycles. The zero-order chi connectivity index (χ0) is 17.6. The van der Waals surface area contributed by atoms with E-state index >= 15 is 0 Å². The Balaban J connectivity index is 1.54. The predicted octanol–water partition coefficient (Wildman–Crippen LogP) is 3.27. The minimum absolute atomic E-state index is 0.312. The molecule has 2 heterocycles. The maximum Gasteiger partial charge on any atom is 0.416 e. The minimum atomic E-state index is -4.39. The van der Waals surface area contributed by atoms with Crippen molar-refractivity contribution in [2.45, 2.75) is 50.0 Å². The summed E-state index contributed by atoms with van der Waals surface area (Å²) >= 11 is 0. The third-order valence-electron chi connectivity index (χ3n) is 4.74. The van der Waals surface area contributed by atoms with Crippen molar-refractivity contribution in [2.75, 3.05) is 6.54 Å². The molecular formula is C17H18F3N3O2. The molecule has 8 heteroatoms. The zero-order valence-electron chi connectivity index (χ0n) is 13.4. The van der Waals surface area contributed by atoms with E-state index in [9.17, 15) is 18.3 Å². The van der Waals surface area contributed by atoms with Gasteiger partial charge in [0.25, 0.3) is 0 Å². The molecule has 0 unspecified atom stereocenters. The van der Waals surface area contributed by atoms with Crippen molar-refractivity contribution >= 4 is 0 Å². The first-order chi connectivity index (χ1) is 11.9. The Morgan fingerprint density at radius 1 is 1.28 bits per heavy atom. The molecule has 0 radical (unpaired) electrons. The lowest BCUT2D eigenvalue weighted by Gasteiger charge is -2.23. The van der Waals surface area contributed by atoms with Gasteiger partial charge in [-0.15, -0.1) is 0 Å². The van der Waals surface area contributed by atoms with Crippen molar-refractivity contribution in [1.29, 1.82) is 0 Å². The molecule has 134 valence electrons. The van der Waals surface area contributed by atoms with Crippen LogP contribution in [0.3, 0.4) is 0 Å². The van der Waals surface area contributed by atoms with Gasteiger partial charge >= 0.3 is 6.18 Å². The van der Waals surface area contributed by atoms with Crippen molar-refractivity contribution in [3.63, 3.8) is 0 Å². The fourth-order valence-corrected chi connectivity index (χ4v) is 3.34. The monoisotopic (exact) mass is 353 g/mol. The first kappa shape index (κ1) is 16.5. The summed E-state index contributed by atoms with van der Waals surface area (Å²) in [6, 6.07) is 4.96. The highest BCUT2D eigenvalue weighted by atomic mass is 19.4. The Morgan fingerprint density at radius 2 is 2.08 bits per heavy atom. The third-order valence-corrected chi connectivity index (χ3v) is 4.74. The molecule has 1 N–H and O–H groups in total. The van der Waals surface area contributed by atoms with Gasteiger partial charge in [0, 0.05) is 18.5 Å². The van der Waals surface area contributed by atoms with Gasteiger partial charge in [-0.25, -0.2) is 0 Å². The number of aliphatic hydroxyl groups excluding tert-OH is 1. The van der Waals surface area contributed by atoms with Gasteiger partial charge in [-0.05, 0) is 37.0 Å². The summed E-state index contributed by atoms with van der Waals surface area (Å²) in [5.74, 6) is 1.51. The molecule has 1 saturated heterocycles. The van der Waals surface area contributed by atoms with Gasteiger partial charge in [-0.3, -0.25) is 4.90 Å². The van der Waals surface area contributed by atoms with E-state index in [0.717, 1.165) is 25.0 Å². The Bertz CT molecular complexity index is 758. The van der Waals surface area contributed by atoms with E-state index in [-0.39, 0.29) is 6.04 Å². The number of alkyl halides is 3. The van der Waals surface area contributed by atoms with Gasteiger partial charge in [0.05, 0.1) is 18.2 Å². The number of hydrogen-bond acceptors (Lipinski definition) is 5. The highest BCUT2D eigenvalue weighted by Gasteiger charge is 2.36. The van der Waals surface area contributed by atoms with Crippen molar-refractivity contribution in [3.05, 3.63) is 47.1 Å². The van der Waals surface area contributed by atoms with Crippen LogP contribution in [0, 0.1) is 0 Å². The summed E-state index contributed by atoms with van der Waals surface area (Å²) in [4.78, 5) is 6.26. The molecule has 4 rings (SSSR count). The summed E-state index contributed by atoms with van der Waals surface area (Å²) in [5.41, 5.74) is -0.145. The SMILES string of the molecule is O[C@H]1C[C@@H](c2cccc(C(F)(F)F)c2)N(Cc2nc(C3CC3)no2)C1. The lowest BCUT2D eigenvalue weighted by Crippen LogP contribution is -2.24. The fraction of sp³-hybridized carbons (Fsp3) is 0.529. The van der Waals surface area contributed by atoms with Gasteiger partial charge in [-0.2, -0.15) is 18.2 Å². The van der Waals surface area contributed by atoms with Crippen LogP contribution in [0.25, 0.3) is 0 Å². The summed E-state index contributed by atoms with van der Waals surface area (Å²) in [6.45, 7) is 0.680. The second-order valence-electron chi connectivity index (χ2n) is 6.78. The van der Waals surface area contributed by atoms with E-state index in [1.54, 1.807) is 6.07 Å². The number of nitrogens with zero attached hydrogens (tertiary/aromatic N) is 3. The predicted molar refractivity (Wildman–Crippen MR) is 81.5 cm³/mol. The second kappa shape index (κ2) is 6.10. The van der Waals surface area contributed by atoms with Gasteiger partial charge in [-0.1, -0.05) is 17.3 Å². The highest BCUT2D eigenvalue weighted by Crippen LogP contribution is 2.39. The van der Waals surface area contributed by atoms with E-state index in [1.807, 2.05) is 4.90 Å². The van der Waals surface area contributed by atoms with E-state index in [4.69, 9.17) is 4.52 Å². The first-order valence-corrected chi connectivity index (χ1v) is 8.32. The average Bonchev–Trinajstić information content (AvgIpc) is 3.20. The van der Waals surface area contributed by atoms with Gasteiger partial charge < -0.3 is 9.63 Å². The van der Waals surface area contributed by atoms with E-state index in [1.165, 1.54) is 6.07 Å². The molecule has 2 aromatic rings. The Hall–Kier alpha value is -1.93. The molecule has 0 spiro atoms. The Labute approximate surface area is 142 Å². The smallest absolute Gasteiger partial charge is 0.392 e. The average molecular weight is 353 g/mol. The number of benzene rings is 1. The van der Waals surface area contributed by atoms with Crippen molar-refractivity contribution in [1.82, 2.24) is 15.0 Å². The number of likely N-dealkylation sites (tertiary alicyclic amines) is 1. The van der Waals surface area contributed by atoms with Crippen LogP contribution in [-0.4, -0.2) is 32.8 Å². The maximum atomic E-state index is 13.0. The van der Waals surface area contributed by atoms with Gasteiger partial charge in [0.2, 0.25) is 5.89 Å². The number of rotatable bonds is 4. The van der Waals surface area contributed by atoms with Crippen LogP contribution in [0.15, 0.2) is 28.8 Å². The topological polar surface area (TPSA) is 62.4 Å². The van der Waals surface area contributed by atoms with Crippen molar-refractivity contribution < 1.29 is 22.8 Å². The number of hydrogen-bond donors (Lipinski definition) is 1. The minimum Gasteiger partial charge on any atom is -0.392 e. The van der Waals surface area contributed by atoms with Crippen LogP contribution in [-0.2, 0) is 12.7 Å². The Kier molecular flexibility index (Phi) is 4.04. The second-order valence-corrected chi connectivity index (χ2v) is 6.78. The fourth-order valence-electron chi connectivity index (χ4n) is 3.34. The van der Waals surface area contributed by atoms with Crippen molar-refractivity contribution in [2.24, 2.45) is 0 Å². The van der Waals surface area contributed by atoms with E-state index < -0.39 is 17.8 Å². The van der Waals surface area contributed by atoms with Gasteiger partial charge in [0.15, 0.2) is 5.82 Å². The number of β-amino-alcohol motifs (C(OH)–C–C–N with tert-alkyl or cyclic N) is 1. The molecule has 2 fully saturated rings. The van der Waals surface area contributed by atoms with Crippen molar-refractivity contribution in [3.8, 4) is 0 Å². The molecule has 1 aromatic carbocycles. The molecule has 1 aromatic heterocycles. The first-order valence-electron chi connectivity index (χ1n) is 8.32. The molecule has 1 aliphatic carbocycles. The number of aromatic nitrogens is 2. The lowest BCUT2D eigenvalue weighted by molar-refractivity contribution is -0.137. The quantitative estimate of drug-likeness (QED) is 0.914. The number of aliphatic hydroxyl groups is 1. The summed E-state index contributed by atoms with van der Waals surface area (Å²) < 4.78 is 44.2. The van der Waals surface area contributed by atoms with E-state index in [0.29, 0.717) is 42.7 Å². The zero-order valence-corrected chi connectivity index (χ0v) is 13.4. The normalized spacial score (nSPS) is 24.8. The molecule has 5 nitrogen and oxygen atoms in total. The molecule has 0 bridgehead atoms. The molecule has 25 heavy (non-hydrogen) atoms. The molecule has 1 aliphatic heterocycles. The standard InChI is InChI=1S/C17H18F3N3O2/c18-17(19,20)12-3-1-2-11(6-12)14-7-13(24)8-23(14)9-15-21-16(22-25-15)10-4-5-10/h1-3,6,10,13-14,24H,4-5,7-9H2/t13-,14-/m0/s1. The molecular weight excluding hydrogens is 335 g/mol. The molecule has 2 aliphatic rings. The van der Waals surface area contributed by atoms with Crippen LogP contribution >= 0.6 is 0 Å². The summed E-state index contributed by atoms with van der Waals surface area (Å²) in [6.07, 6.45) is -2.47. The lowest BCUT2D eigenvalue weighted by atomic mass is 10.0. The van der Waals surface area contributed by atoms with E-state index in [2.05, 4.69) is 10.1 Å². The molecule has 0 amide bonds. The van der Waals surface area contributed by atoms with Crippen LogP contribution in [0.1, 0.15) is 54.1 Å². The number of halogens is 3. The van der Waals surface area contributed by atoms with Crippen LogP contribution in [0.5, 0.6) is 0 Å². The van der Waals surface area contributed by atoms with Crippen LogP contribution < -0.4 is 0 Å². The Morgan fingerprint density at radius 3 is 2.80 bits per heavy atom. The highest BCUT2D eigenvalue weighted by molar-refractivity contribution is 5.29. The summed E-state index contributed by atoms with van der Waals surface area (Å²) in [7, 11) is 0. The van der Waals surface area contributed by atoms with Crippen LogP contribution in [0.2, 0.25) is 0 Å². The van der Waals surface area contributed by atoms with Gasteiger partial charge in [0.1, 0.15) is 0 Å². The third kappa shape index (κ3) is 3.55. The largest absolute Gasteiger partial charge is 0.416 e. The molecule has 2 atom stereocenters. The summed E-state index contributed by atoms with van der Waals surface area (Å²) in [5, 5.41) is 14.0. The maximum absolute atomic E-state index is 13.0. The van der Waals surface area contributed by atoms with Crippen LogP contribution in [0.4, 0.5) is 13.2 Å².